The van der Waals surface area contributed by atoms with Crippen molar-refractivity contribution < 1.29 is 0 Å². The van der Waals surface area contributed by atoms with Crippen LogP contribution in [0.3, 0.4) is 0 Å². The molecular weight excluding hydrogens is 158 g/mol. The van der Waals surface area contributed by atoms with Crippen LogP contribution in [-0.4, -0.2) is 12.6 Å². The van der Waals surface area contributed by atoms with Gasteiger partial charge in [-0.15, -0.1) is 0 Å². The molecule has 2 saturated carbocycles. The number of rotatable bonds is 6. The molecule has 0 aliphatic heterocycles. The molecule has 2 rings (SSSR count). The van der Waals surface area contributed by atoms with Gasteiger partial charge in [-0.2, -0.15) is 0 Å². The van der Waals surface area contributed by atoms with Crippen LogP contribution < -0.4 is 5.32 Å². The summed E-state index contributed by atoms with van der Waals surface area (Å²) in [5, 5.41) is 3.65. The van der Waals surface area contributed by atoms with E-state index in [1.807, 2.05) is 0 Å². The zero-order valence-corrected chi connectivity index (χ0v) is 8.89. The first-order valence-electron chi connectivity index (χ1n) is 6.13. The first-order valence-corrected chi connectivity index (χ1v) is 6.13. The van der Waals surface area contributed by atoms with Gasteiger partial charge in [-0.05, 0) is 44.1 Å². The molecule has 0 radical (unpaired) electrons. The molecule has 76 valence electrons. The van der Waals surface area contributed by atoms with E-state index in [4.69, 9.17) is 0 Å². The maximum absolute atomic E-state index is 3.65. The van der Waals surface area contributed by atoms with E-state index in [0.717, 1.165) is 24.4 Å². The van der Waals surface area contributed by atoms with Crippen LogP contribution >= 0.6 is 0 Å². The maximum atomic E-state index is 3.65. The molecule has 0 aromatic carbocycles. The molecule has 0 bridgehead atoms. The molecule has 0 aromatic heterocycles. The molecule has 1 unspecified atom stereocenters. The van der Waals surface area contributed by atoms with E-state index in [1.54, 1.807) is 0 Å². The molecule has 1 heteroatoms. The van der Waals surface area contributed by atoms with Crippen LogP contribution in [0, 0.1) is 11.8 Å². The van der Waals surface area contributed by atoms with E-state index in [9.17, 15) is 0 Å². The van der Waals surface area contributed by atoms with Crippen molar-refractivity contribution in [2.45, 2.75) is 57.9 Å². The zero-order valence-electron chi connectivity index (χ0n) is 8.89. The van der Waals surface area contributed by atoms with Crippen molar-refractivity contribution in [3.8, 4) is 0 Å². The second-order valence-corrected chi connectivity index (χ2v) is 4.88. The highest BCUT2D eigenvalue weighted by Gasteiger charge is 2.31. The van der Waals surface area contributed by atoms with Gasteiger partial charge in [0.25, 0.3) is 0 Å². The average molecular weight is 181 g/mol. The van der Waals surface area contributed by atoms with E-state index in [1.165, 1.54) is 44.9 Å². The molecule has 2 aliphatic carbocycles. The largest absolute Gasteiger partial charge is 0.314 e. The van der Waals surface area contributed by atoms with E-state index in [0.29, 0.717) is 0 Å². The SMILES string of the molecule is CCNC(CCC1CCC1)C1CC1. The topological polar surface area (TPSA) is 12.0 Å². The smallest absolute Gasteiger partial charge is 0.00953 e. The highest BCUT2D eigenvalue weighted by Crippen LogP contribution is 2.37. The van der Waals surface area contributed by atoms with Crippen LogP contribution in [0.25, 0.3) is 0 Å². The third-order valence-corrected chi connectivity index (χ3v) is 3.77. The van der Waals surface area contributed by atoms with Crippen LogP contribution in [0.2, 0.25) is 0 Å². The van der Waals surface area contributed by atoms with E-state index in [-0.39, 0.29) is 0 Å². The first-order chi connectivity index (χ1) is 6.40. The van der Waals surface area contributed by atoms with Crippen molar-refractivity contribution in [1.82, 2.24) is 5.32 Å². The van der Waals surface area contributed by atoms with Crippen LogP contribution in [0.4, 0.5) is 0 Å². The van der Waals surface area contributed by atoms with Gasteiger partial charge in [0, 0.05) is 6.04 Å². The molecule has 0 saturated heterocycles. The second-order valence-electron chi connectivity index (χ2n) is 4.88. The number of hydrogen-bond acceptors (Lipinski definition) is 1. The Balaban J connectivity index is 1.63. The Morgan fingerprint density at radius 2 is 2.00 bits per heavy atom. The number of hydrogen-bond donors (Lipinski definition) is 1. The molecule has 0 heterocycles. The van der Waals surface area contributed by atoms with Crippen LogP contribution in [0.1, 0.15) is 51.9 Å². The fourth-order valence-corrected chi connectivity index (χ4v) is 2.46. The van der Waals surface area contributed by atoms with Gasteiger partial charge in [0.05, 0.1) is 0 Å². The molecule has 13 heavy (non-hydrogen) atoms. The van der Waals surface area contributed by atoms with Crippen molar-refractivity contribution >= 4 is 0 Å². The van der Waals surface area contributed by atoms with Crippen molar-refractivity contribution in [2.75, 3.05) is 6.54 Å². The highest BCUT2D eigenvalue weighted by molar-refractivity contribution is 4.87. The minimum absolute atomic E-state index is 0.866. The van der Waals surface area contributed by atoms with Gasteiger partial charge < -0.3 is 5.32 Å². The normalized spacial score (nSPS) is 25.6. The van der Waals surface area contributed by atoms with Crippen LogP contribution in [0.15, 0.2) is 0 Å². The third kappa shape index (κ3) is 2.70. The average Bonchev–Trinajstić information content (AvgIpc) is 2.82. The van der Waals surface area contributed by atoms with Crippen molar-refractivity contribution in [3.63, 3.8) is 0 Å². The second kappa shape index (κ2) is 4.45. The highest BCUT2D eigenvalue weighted by atomic mass is 14.9. The minimum atomic E-state index is 0.866. The summed E-state index contributed by atoms with van der Waals surface area (Å²) in [5.41, 5.74) is 0. The molecular formula is C12H23N. The van der Waals surface area contributed by atoms with E-state index >= 15 is 0 Å². The van der Waals surface area contributed by atoms with E-state index < -0.39 is 0 Å². The zero-order chi connectivity index (χ0) is 9.10. The monoisotopic (exact) mass is 181 g/mol. The summed E-state index contributed by atoms with van der Waals surface area (Å²) in [6.45, 7) is 3.39. The van der Waals surface area contributed by atoms with Gasteiger partial charge in [-0.3, -0.25) is 0 Å². The molecule has 2 fully saturated rings. The Hall–Kier alpha value is -0.0400. The maximum Gasteiger partial charge on any atom is 0.00953 e. The fraction of sp³-hybridized carbons (Fsp3) is 1.00. The molecule has 0 spiro atoms. The Bertz CT molecular complexity index is 147. The van der Waals surface area contributed by atoms with Gasteiger partial charge >= 0.3 is 0 Å². The lowest BCUT2D eigenvalue weighted by atomic mass is 9.81. The molecule has 0 aromatic rings. The van der Waals surface area contributed by atoms with E-state index in [2.05, 4.69) is 12.2 Å². The van der Waals surface area contributed by atoms with Gasteiger partial charge in [0.15, 0.2) is 0 Å². The Labute approximate surface area is 82.3 Å². The number of nitrogens with one attached hydrogen (secondary N) is 1. The van der Waals surface area contributed by atoms with Gasteiger partial charge in [-0.25, -0.2) is 0 Å². The quantitative estimate of drug-likeness (QED) is 0.664. The Kier molecular flexibility index (Phi) is 3.26. The Morgan fingerprint density at radius 1 is 1.23 bits per heavy atom. The van der Waals surface area contributed by atoms with Crippen molar-refractivity contribution in [2.24, 2.45) is 11.8 Å². The molecule has 2 aliphatic rings. The summed E-state index contributed by atoms with van der Waals surface area (Å²) in [4.78, 5) is 0. The Morgan fingerprint density at radius 3 is 2.46 bits per heavy atom. The molecule has 1 N–H and O–H groups in total. The lowest BCUT2D eigenvalue weighted by Crippen LogP contribution is -2.31. The summed E-state index contributed by atoms with van der Waals surface area (Å²) < 4.78 is 0. The van der Waals surface area contributed by atoms with Crippen LogP contribution in [-0.2, 0) is 0 Å². The fourth-order valence-electron chi connectivity index (χ4n) is 2.46. The standard InChI is InChI=1S/C12H23N/c1-2-13-12(11-7-8-11)9-6-10-4-3-5-10/h10-13H,2-9H2,1H3. The summed E-state index contributed by atoms with van der Waals surface area (Å²) in [5.74, 6) is 2.14. The minimum Gasteiger partial charge on any atom is -0.314 e. The lowest BCUT2D eigenvalue weighted by molar-refractivity contribution is 0.269. The van der Waals surface area contributed by atoms with Crippen molar-refractivity contribution in [3.05, 3.63) is 0 Å². The van der Waals surface area contributed by atoms with Crippen LogP contribution in [0.5, 0.6) is 0 Å². The summed E-state index contributed by atoms with van der Waals surface area (Å²) in [6.07, 6.45) is 10.5. The molecule has 1 atom stereocenters. The van der Waals surface area contributed by atoms with Gasteiger partial charge in [0.2, 0.25) is 0 Å². The predicted molar refractivity (Wildman–Crippen MR) is 56.8 cm³/mol. The van der Waals surface area contributed by atoms with Gasteiger partial charge in [0.1, 0.15) is 0 Å². The summed E-state index contributed by atoms with van der Waals surface area (Å²) >= 11 is 0. The third-order valence-electron chi connectivity index (χ3n) is 3.77. The first kappa shape index (κ1) is 9.51. The molecule has 1 nitrogen and oxygen atoms in total. The lowest BCUT2D eigenvalue weighted by Gasteiger charge is -2.27. The summed E-state index contributed by atoms with van der Waals surface area (Å²) in [6, 6.07) is 0.866. The van der Waals surface area contributed by atoms with Gasteiger partial charge in [-0.1, -0.05) is 26.2 Å². The summed E-state index contributed by atoms with van der Waals surface area (Å²) in [7, 11) is 0. The van der Waals surface area contributed by atoms with Crippen molar-refractivity contribution in [1.29, 1.82) is 0 Å². The molecule has 0 amide bonds. The predicted octanol–water partition coefficient (Wildman–Crippen LogP) is 2.95.